The fourth-order valence-corrected chi connectivity index (χ4v) is 2.73. The van der Waals surface area contributed by atoms with Crippen LogP contribution in [-0.2, 0) is 0 Å². The second-order valence-corrected chi connectivity index (χ2v) is 5.54. The van der Waals surface area contributed by atoms with E-state index in [0.717, 1.165) is 32.6 Å². The van der Waals surface area contributed by atoms with Crippen molar-refractivity contribution in [2.24, 2.45) is 0 Å². The highest BCUT2D eigenvalue weighted by molar-refractivity contribution is 5.55. The molecule has 0 saturated carbocycles. The molecule has 0 radical (unpaired) electrons. The summed E-state index contributed by atoms with van der Waals surface area (Å²) in [6.45, 7) is 8.07. The highest BCUT2D eigenvalue weighted by Crippen LogP contribution is 2.29. The Morgan fingerprint density at radius 2 is 2.14 bits per heavy atom. The summed E-state index contributed by atoms with van der Waals surface area (Å²) in [6.07, 6.45) is 2.71. The second-order valence-electron chi connectivity index (χ2n) is 5.54. The van der Waals surface area contributed by atoms with Gasteiger partial charge >= 0.3 is 0 Å². The Morgan fingerprint density at radius 3 is 2.73 bits per heavy atom. The Balaban J connectivity index is 1.77. The standard InChI is InChI=1S/C16H20N4O2/c1-3-12(2)19-6-8-20(9-7-19)16-13(11-17)18-15(22-16)14-5-4-10-21-14/h4-5,10,12H,3,6-9H2,1-2H3/t12-/m0/s1. The van der Waals surface area contributed by atoms with Gasteiger partial charge in [0.15, 0.2) is 5.76 Å². The molecule has 0 aliphatic carbocycles. The molecule has 22 heavy (non-hydrogen) atoms. The lowest BCUT2D eigenvalue weighted by Gasteiger charge is -2.37. The van der Waals surface area contributed by atoms with Crippen LogP contribution in [0.3, 0.4) is 0 Å². The number of anilines is 1. The third kappa shape index (κ3) is 2.72. The summed E-state index contributed by atoms with van der Waals surface area (Å²) in [6, 6.07) is 6.26. The molecule has 0 amide bonds. The number of piperazine rings is 1. The largest absolute Gasteiger partial charge is 0.459 e. The molecule has 2 aromatic rings. The summed E-state index contributed by atoms with van der Waals surface area (Å²) in [7, 11) is 0. The highest BCUT2D eigenvalue weighted by Gasteiger charge is 2.26. The molecule has 3 heterocycles. The molecule has 0 aromatic carbocycles. The van der Waals surface area contributed by atoms with Crippen molar-refractivity contribution in [3.05, 3.63) is 24.1 Å². The first kappa shape index (κ1) is 14.7. The summed E-state index contributed by atoms with van der Waals surface area (Å²) in [5, 5.41) is 9.30. The maximum absolute atomic E-state index is 9.30. The van der Waals surface area contributed by atoms with E-state index in [1.807, 2.05) is 0 Å². The van der Waals surface area contributed by atoms with Crippen LogP contribution in [0.5, 0.6) is 0 Å². The molecule has 0 unspecified atom stereocenters. The Morgan fingerprint density at radius 1 is 1.36 bits per heavy atom. The van der Waals surface area contributed by atoms with Gasteiger partial charge < -0.3 is 13.7 Å². The Bertz CT molecular complexity index is 648. The van der Waals surface area contributed by atoms with Gasteiger partial charge in [0.05, 0.1) is 6.26 Å². The Labute approximate surface area is 129 Å². The van der Waals surface area contributed by atoms with Gasteiger partial charge in [0.2, 0.25) is 11.6 Å². The molecule has 1 fully saturated rings. The van der Waals surface area contributed by atoms with Gasteiger partial charge in [-0.05, 0) is 25.5 Å². The van der Waals surface area contributed by atoms with Crippen molar-refractivity contribution in [3.63, 3.8) is 0 Å². The maximum Gasteiger partial charge on any atom is 0.266 e. The van der Waals surface area contributed by atoms with Gasteiger partial charge in [-0.1, -0.05) is 6.92 Å². The number of rotatable bonds is 4. The third-order valence-electron chi connectivity index (χ3n) is 4.26. The molecule has 3 rings (SSSR count). The van der Waals surface area contributed by atoms with Gasteiger partial charge in [-0.25, -0.2) is 0 Å². The lowest BCUT2D eigenvalue weighted by molar-refractivity contribution is 0.190. The van der Waals surface area contributed by atoms with Crippen LogP contribution in [-0.4, -0.2) is 42.1 Å². The van der Waals surface area contributed by atoms with Crippen molar-refractivity contribution >= 4 is 5.88 Å². The van der Waals surface area contributed by atoms with Crippen LogP contribution in [0.1, 0.15) is 26.0 Å². The zero-order chi connectivity index (χ0) is 15.5. The predicted octanol–water partition coefficient (Wildman–Crippen LogP) is 2.73. The Kier molecular flexibility index (Phi) is 4.16. The predicted molar refractivity (Wildman–Crippen MR) is 82.5 cm³/mol. The van der Waals surface area contributed by atoms with Crippen LogP contribution in [0.2, 0.25) is 0 Å². The van der Waals surface area contributed by atoms with Gasteiger partial charge in [-0.3, -0.25) is 4.90 Å². The molecular weight excluding hydrogens is 280 g/mol. The molecule has 6 nitrogen and oxygen atoms in total. The average molecular weight is 300 g/mol. The average Bonchev–Trinajstić information content (AvgIpc) is 3.23. The third-order valence-corrected chi connectivity index (χ3v) is 4.26. The molecule has 1 atom stereocenters. The van der Waals surface area contributed by atoms with Crippen LogP contribution in [0.15, 0.2) is 27.2 Å². The van der Waals surface area contributed by atoms with Gasteiger partial charge in [-0.2, -0.15) is 10.2 Å². The SMILES string of the molecule is CC[C@H](C)N1CCN(c2oc(-c3ccco3)nc2C#N)CC1. The van der Waals surface area contributed by atoms with Crippen molar-refractivity contribution in [1.29, 1.82) is 5.26 Å². The van der Waals surface area contributed by atoms with E-state index in [9.17, 15) is 5.26 Å². The molecule has 0 N–H and O–H groups in total. The first-order chi connectivity index (χ1) is 10.7. The van der Waals surface area contributed by atoms with Crippen LogP contribution in [0.25, 0.3) is 11.7 Å². The number of furan rings is 1. The molecule has 1 saturated heterocycles. The molecule has 1 aliphatic rings. The minimum Gasteiger partial charge on any atom is -0.459 e. The second kappa shape index (κ2) is 6.24. The van der Waals surface area contributed by atoms with E-state index in [1.54, 1.807) is 18.4 Å². The Hall–Kier alpha value is -2.26. The first-order valence-electron chi connectivity index (χ1n) is 7.66. The number of oxazole rings is 1. The lowest BCUT2D eigenvalue weighted by Crippen LogP contribution is -2.49. The number of hydrogen-bond donors (Lipinski definition) is 0. The minimum absolute atomic E-state index is 0.323. The zero-order valence-corrected chi connectivity index (χ0v) is 13.0. The summed E-state index contributed by atoms with van der Waals surface area (Å²) in [5.41, 5.74) is 0.323. The summed E-state index contributed by atoms with van der Waals surface area (Å²) in [5.74, 6) is 1.46. The first-order valence-corrected chi connectivity index (χ1v) is 7.66. The monoisotopic (exact) mass is 300 g/mol. The van der Waals surface area contributed by atoms with Crippen molar-refractivity contribution in [2.75, 3.05) is 31.1 Å². The maximum atomic E-state index is 9.30. The normalized spacial score (nSPS) is 17.4. The van der Waals surface area contributed by atoms with Crippen LogP contribution >= 0.6 is 0 Å². The van der Waals surface area contributed by atoms with Crippen LogP contribution < -0.4 is 4.90 Å². The topological polar surface area (TPSA) is 69.4 Å². The van der Waals surface area contributed by atoms with E-state index in [2.05, 4.69) is 34.7 Å². The van der Waals surface area contributed by atoms with Crippen molar-refractivity contribution in [1.82, 2.24) is 9.88 Å². The number of hydrogen-bond acceptors (Lipinski definition) is 6. The van der Waals surface area contributed by atoms with Crippen LogP contribution in [0, 0.1) is 11.3 Å². The van der Waals surface area contributed by atoms with Gasteiger partial charge in [0.1, 0.15) is 6.07 Å². The molecule has 0 bridgehead atoms. The van der Waals surface area contributed by atoms with E-state index in [1.165, 1.54) is 0 Å². The molecule has 1 aliphatic heterocycles. The number of nitriles is 1. The molecule has 2 aromatic heterocycles. The van der Waals surface area contributed by atoms with Crippen molar-refractivity contribution in [3.8, 4) is 17.7 Å². The molecule has 6 heteroatoms. The van der Waals surface area contributed by atoms with Gasteiger partial charge in [-0.15, -0.1) is 0 Å². The lowest BCUT2D eigenvalue weighted by atomic mass is 10.2. The smallest absolute Gasteiger partial charge is 0.266 e. The van der Waals surface area contributed by atoms with E-state index in [-0.39, 0.29) is 0 Å². The van der Waals surface area contributed by atoms with Crippen LogP contribution in [0.4, 0.5) is 5.88 Å². The summed E-state index contributed by atoms with van der Waals surface area (Å²) in [4.78, 5) is 8.80. The highest BCUT2D eigenvalue weighted by atomic mass is 16.4. The molecular formula is C16H20N4O2. The van der Waals surface area contributed by atoms with E-state index >= 15 is 0 Å². The quantitative estimate of drug-likeness (QED) is 0.864. The van der Waals surface area contributed by atoms with E-state index < -0.39 is 0 Å². The number of nitrogens with zero attached hydrogens (tertiary/aromatic N) is 4. The van der Waals surface area contributed by atoms with Gasteiger partial charge in [0, 0.05) is 32.2 Å². The summed E-state index contributed by atoms with van der Waals surface area (Å²) >= 11 is 0. The fourth-order valence-electron chi connectivity index (χ4n) is 2.73. The van der Waals surface area contributed by atoms with E-state index in [0.29, 0.717) is 29.3 Å². The van der Waals surface area contributed by atoms with Crippen molar-refractivity contribution in [2.45, 2.75) is 26.3 Å². The summed E-state index contributed by atoms with van der Waals surface area (Å²) < 4.78 is 11.1. The zero-order valence-electron chi connectivity index (χ0n) is 13.0. The number of aromatic nitrogens is 1. The van der Waals surface area contributed by atoms with Crippen molar-refractivity contribution < 1.29 is 8.83 Å². The van der Waals surface area contributed by atoms with Gasteiger partial charge in [0.25, 0.3) is 5.89 Å². The molecule has 0 spiro atoms. The molecule has 116 valence electrons. The fraction of sp³-hybridized carbons (Fsp3) is 0.500. The minimum atomic E-state index is 0.323. The van der Waals surface area contributed by atoms with E-state index in [4.69, 9.17) is 8.83 Å².